The fourth-order valence-corrected chi connectivity index (χ4v) is 4.95. The van der Waals surface area contributed by atoms with Crippen LogP contribution in [0.15, 0.2) is 68.4 Å². The van der Waals surface area contributed by atoms with Gasteiger partial charge in [-0.3, -0.25) is 14.5 Å². The summed E-state index contributed by atoms with van der Waals surface area (Å²) in [5.74, 6) is 1.72. The Balaban J connectivity index is 1.69. The third-order valence-electron chi connectivity index (χ3n) is 6.51. The lowest BCUT2D eigenvalue weighted by Gasteiger charge is -2.25. The lowest BCUT2D eigenvalue weighted by atomic mass is 9.98. The highest BCUT2D eigenvalue weighted by Crippen LogP contribution is 2.43. The number of fused-ring (bicyclic) bond motifs is 2. The molecule has 0 fully saturated rings. The van der Waals surface area contributed by atoms with Gasteiger partial charge in [-0.1, -0.05) is 41.9 Å². The monoisotopic (exact) mass is 576 g/mol. The zero-order chi connectivity index (χ0) is 27.0. The predicted octanol–water partition coefficient (Wildman–Crippen LogP) is 6.83. The highest BCUT2D eigenvalue weighted by atomic mass is 79.9. The Morgan fingerprint density at radius 1 is 1.05 bits per heavy atom. The molecule has 7 nitrogen and oxygen atoms in total. The number of anilines is 1. The van der Waals surface area contributed by atoms with E-state index in [-0.39, 0.29) is 16.8 Å². The van der Waals surface area contributed by atoms with Crippen molar-refractivity contribution in [2.75, 3.05) is 18.1 Å². The summed E-state index contributed by atoms with van der Waals surface area (Å²) in [6.07, 6.45) is 2.61. The maximum atomic E-state index is 13.9. The molecule has 1 aliphatic rings. The molecule has 0 bridgehead atoms. The van der Waals surface area contributed by atoms with Crippen LogP contribution >= 0.6 is 15.9 Å². The van der Waals surface area contributed by atoms with Crippen molar-refractivity contribution < 1.29 is 18.7 Å². The second-order valence-corrected chi connectivity index (χ2v) is 10.7. The van der Waals surface area contributed by atoms with Crippen molar-refractivity contribution in [3.8, 4) is 11.5 Å². The van der Waals surface area contributed by atoms with Crippen LogP contribution in [-0.4, -0.2) is 24.1 Å². The molecule has 1 atom stereocenters. The van der Waals surface area contributed by atoms with Gasteiger partial charge in [0.05, 0.1) is 30.2 Å². The molecule has 3 heterocycles. The number of ether oxygens (including phenoxy) is 2. The summed E-state index contributed by atoms with van der Waals surface area (Å²) in [5.41, 5.74) is 2.03. The molecule has 196 valence electrons. The summed E-state index contributed by atoms with van der Waals surface area (Å²) in [5, 5.41) is 0.397. The molecule has 5 rings (SSSR count). The molecule has 0 spiro atoms. The van der Waals surface area contributed by atoms with Gasteiger partial charge in [0.1, 0.15) is 11.4 Å². The van der Waals surface area contributed by atoms with Gasteiger partial charge < -0.3 is 13.9 Å². The van der Waals surface area contributed by atoms with Crippen LogP contribution < -0.4 is 19.8 Å². The van der Waals surface area contributed by atoms with Gasteiger partial charge in [-0.15, -0.1) is 0 Å². The molecule has 1 aliphatic heterocycles. The predicted molar refractivity (Wildman–Crippen MR) is 150 cm³/mol. The Kier molecular flexibility index (Phi) is 7.25. The number of aryl methyl sites for hydroxylation is 1. The number of carbonyl (C=O) groups excluding carboxylic acids is 1. The summed E-state index contributed by atoms with van der Waals surface area (Å²) in [6, 6.07) is 13.6. The first-order valence-electron chi connectivity index (χ1n) is 12.7. The number of hydrogen-bond acceptors (Lipinski definition) is 6. The van der Waals surface area contributed by atoms with Gasteiger partial charge in [-0.05, 0) is 73.7 Å². The minimum Gasteiger partial charge on any atom is -0.490 e. The normalized spacial score (nSPS) is 14.8. The van der Waals surface area contributed by atoms with E-state index in [0.29, 0.717) is 53.0 Å². The van der Waals surface area contributed by atoms with E-state index in [4.69, 9.17) is 13.9 Å². The number of pyridine rings is 1. The zero-order valence-corrected chi connectivity index (χ0v) is 23.4. The van der Waals surface area contributed by atoms with E-state index >= 15 is 0 Å². The SMILES string of the molecule is CCOc1cc(C2c3c(oc4ccc(Br)cc4c3=O)C(=O)N2c2ccc(C)cn2)ccc1OCCC(C)C. The van der Waals surface area contributed by atoms with Gasteiger partial charge in [0, 0.05) is 10.7 Å². The van der Waals surface area contributed by atoms with Gasteiger partial charge in [-0.25, -0.2) is 4.98 Å². The summed E-state index contributed by atoms with van der Waals surface area (Å²) in [6.45, 7) is 9.12. The van der Waals surface area contributed by atoms with Crippen molar-refractivity contribution in [1.29, 1.82) is 0 Å². The van der Waals surface area contributed by atoms with Gasteiger partial charge >= 0.3 is 0 Å². The lowest BCUT2D eigenvalue weighted by molar-refractivity contribution is 0.0970. The number of hydrogen-bond donors (Lipinski definition) is 0. The molecule has 0 saturated heterocycles. The second-order valence-electron chi connectivity index (χ2n) is 9.76. The molecule has 0 saturated carbocycles. The number of nitrogens with zero attached hydrogens (tertiary/aromatic N) is 2. The van der Waals surface area contributed by atoms with Crippen molar-refractivity contribution in [1.82, 2.24) is 4.98 Å². The first-order chi connectivity index (χ1) is 18.3. The first-order valence-corrected chi connectivity index (χ1v) is 13.5. The number of rotatable bonds is 8. The molecule has 4 aromatic rings. The zero-order valence-electron chi connectivity index (χ0n) is 21.8. The van der Waals surface area contributed by atoms with Crippen LogP contribution in [-0.2, 0) is 0 Å². The van der Waals surface area contributed by atoms with Gasteiger partial charge in [0.2, 0.25) is 5.76 Å². The molecular formula is C30H29BrN2O5. The van der Waals surface area contributed by atoms with Crippen molar-refractivity contribution in [2.45, 2.75) is 40.2 Å². The average molecular weight is 577 g/mol. The van der Waals surface area contributed by atoms with Gasteiger partial charge in [0.25, 0.3) is 5.91 Å². The standard InChI is InChI=1S/C30H29BrN2O5/c1-5-36-24-14-19(7-9-23(24)37-13-12-17(2)3)27-26-28(34)21-15-20(31)8-10-22(21)38-29(26)30(35)33(27)25-11-6-18(4)16-32-25/h6-11,14-17,27H,5,12-13H2,1-4H3. The number of aromatic nitrogens is 1. The molecule has 1 amide bonds. The van der Waals surface area contributed by atoms with Gasteiger partial charge in [0.15, 0.2) is 16.9 Å². The van der Waals surface area contributed by atoms with E-state index in [1.54, 1.807) is 30.5 Å². The van der Waals surface area contributed by atoms with Gasteiger partial charge in [-0.2, -0.15) is 0 Å². The van der Waals surface area contributed by atoms with E-state index in [9.17, 15) is 9.59 Å². The maximum Gasteiger partial charge on any atom is 0.296 e. The Bertz CT molecular complexity index is 1560. The molecular weight excluding hydrogens is 548 g/mol. The minimum atomic E-state index is -0.753. The molecule has 8 heteroatoms. The van der Waals surface area contributed by atoms with E-state index in [2.05, 4.69) is 34.8 Å². The van der Waals surface area contributed by atoms with Crippen LogP contribution in [0.4, 0.5) is 5.82 Å². The fourth-order valence-electron chi connectivity index (χ4n) is 4.59. The first kappa shape index (κ1) is 26.0. The lowest BCUT2D eigenvalue weighted by Crippen LogP contribution is -2.30. The van der Waals surface area contributed by atoms with Crippen molar-refractivity contribution in [2.24, 2.45) is 5.92 Å². The average Bonchev–Trinajstić information content (AvgIpc) is 3.18. The fraction of sp³-hybridized carbons (Fsp3) is 0.300. The van der Waals surface area contributed by atoms with Crippen LogP contribution in [0, 0.1) is 12.8 Å². The molecule has 2 aromatic carbocycles. The van der Waals surface area contributed by atoms with Crippen molar-refractivity contribution in [3.05, 3.63) is 91.9 Å². The minimum absolute atomic E-state index is 0.0208. The number of benzene rings is 2. The number of amides is 1. The van der Waals surface area contributed by atoms with Crippen LogP contribution in [0.25, 0.3) is 11.0 Å². The number of carbonyl (C=O) groups is 1. The molecule has 0 radical (unpaired) electrons. The van der Waals surface area contributed by atoms with E-state index in [1.165, 1.54) is 4.90 Å². The molecule has 38 heavy (non-hydrogen) atoms. The van der Waals surface area contributed by atoms with Crippen molar-refractivity contribution >= 4 is 38.6 Å². The van der Waals surface area contributed by atoms with Crippen LogP contribution in [0.2, 0.25) is 0 Å². The smallest absolute Gasteiger partial charge is 0.296 e. The third kappa shape index (κ3) is 4.80. The van der Waals surface area contributed by atoms with Crippen molar-refractivity contribution in [3.63, 3.8) is 0 Å². The molecule has 0 N–H and O–H groups in total. The summed E-state index contributed by atoms with van der Waals surface area (Å²) in [7, 11) is 0. The van der Waals surface area contributed by atoms with Crippen LogP contribution in [0.1, 0.15) is 60.5 Å². The summed E-state index contributed by atoms with van der Waals surface area (Å²) >= 11 is 3.44. The maximum absolute atomic E-state index is 13.9. The highest BCUT2D eigenvalue weighted by Gasteiger charge is 2.44. The summed E-state index contributed by atoms with van der Waals surface area (Å²) < 4.78 is 18.8. The highest BCUT2D eigenvalue weighted by molar-refractivity contribution is 9.10. The Labute approximate surface area is 229 Å². The van der Waals surface area contributed by atoms with E-state index in [1.807, 2.05) is 38.1 Å². The Morgan fingerprint density at radius 3 is 2.58 bits per heavy atom. The summed E-state index contributed by atoms with van der Waals surface area (Å²) in [4.78, 5) is 33.7. The molecule has 0 aliphatic carbocycles. The quantitative estimate of drug-likeness (QED) is 0.228. The van der Waals surface area contributed by atoms with E-state index in [0.717, 1.165) is 16.5 Å². The molecule has 1 unspecified atom stereocenters. The Morgan fingerprint density at radius 2 is 1.87 bits per heavy atom. The van der Waals surface area contributed by atoms with E-state index < -0.39 is 11.9 Å². The topological polar surface area (TPSA) is 81.9 Å². The molecule has 2 aromatic heterocycles. The largest absolute Gasteiger partial charge is 0.490 e. The Hall–Kier alpha value is -3.65. The third-order valence-corrected chi connectivity index (χ3v) is 7.00. The number of halogens is 1. The van der Waals surface area contributed by atoms with Crippen LogP contribution in [0.3, 0.4) is 0 Å². The second kappa shape index (κ2) is 10.6. The van der Waals surface area contributed by atoms with Crippen LogP contribution in [0.5, 0.6) is 11.5 Å².